The highest BCUT2D eigenvalue weighted by Gasteiger charge is 2.58. The number of hydrogen-bond donors (Lipinski definition) is 2. The van der Waals surface area contributed by atoms with Gasteiger partial charge in [-0.2, -0.15) is 0 Å². The number of halogens is 3. The topological polar surface area (TPSA) is 41.1 Å². The molecule has 0 radical (unpaired) electrons. The number of carbonyl (C=O) groups excluding carboxylic acids is 1. The van der Waals surface area contributed by atoms with E-state index in [1.54, 1.807) is 6.07 Å². The summed E-state index contributed by atoms with van der Waals surface area (Å²) in [4.78, 5) is 12.6. The normalized spacial score (nSPS) is 22.3. The molecule has 0 bridgehead atoms. The van der Waals surface area contributed by atoms with Crippen molar-refractivity contribution in [2.45, 2.75) is 38.6 Å². The van der Waals surface area contributed by atoms with E-state index in [1.807, 2.05) is 26.0 Å². The van der Waals surface area contributed by atoms with Gasteiger partial charge in [0, 0.05) is 5.92 Å². The SMILES string of the molecule is CC(C)(NC(=O)C1CC12CCNCC2)c1ccc(Cl)c(Cl)c1.Cl. The maximum Gasteiger partial charge on any atom is 0.224 e. The molecule has 6 heteroatoms. The van der Waals surface area contributed by atoms with E-state index in [9.17, 15) is 4.79 Å². The molecule has 1 saturated heterocycles. The Morgan fingerprint density at radius 3 is 2.52 bits per heavy atom. The second-order valence-corrected chi connectivity index (χ2v) is 7.93. The molecule has 1 atom stereocenters. The first-order valence-corrected chi connectivity index (χ1v) is 8.58. The van der Waals surface area contributed by atoms with Crippen LogP contribution in [0.3, 0.4) is 0 Å². The second kappa shape index (κ2) is 6.79. The van der Waals surface area contributed by atoms with Crippen LogP contribution in [0.25, 0.3) is 0 Å². The van der Waals surface area contributed by atoms with E-state index >= 15 is 0 Å². The van der Waals surface area contributed by atoms with Crippen LogP contribution in [0.2, 0.25) is 10.0 Å². The lowest BCUT2D eigenvalue weighted by Gasteiger charge is -2.29. The average Bonchev–Trinajstić information content (AvgIpc) is 3.15. The number of nitrogens with one attached hydrogen (secondary N) is 2. The van der Waals surface area contributed by atoms with Crippen molar-refractivity contribution in [1.29, 1.82) is 0 Å². The summed E-state index contributed by atoms with van der Waals surface area (Å²) in [6.45, 7) is 6.06. The first-order valence-electron chi connectivity index (χ1n) is 7.82. The van der Waals surface area contributed by atoms with Crippen molar-refractivity contribution in [2.24, 2.45) is 11.3 Å². The van der Waals surface area contributed by atoms with E-state index in [0.29, 0.717) is 10.0 Å². The minimum Gasteiger partial charge on any atom is -0.347 e. The van der Waals surface area contributed by atoms with Gasteiger partial charge in [0.2, 0.25) is 5.91 Å². The average molecular weight is 378 g/mol. The first-order chi connectivity index (χ1) is 10.3. The minimum absolute atomic E-state index is 0. The molecule has 3 rings (SSSR count). The Labute approximate surface area is 153 Å². The first kappa shape index (κ1) is 18.9. The third-order valence-electron chi connectivity index (χ3n) is 5.18. The molecule has 1 spiro atoms. The molecule has 23 heavy (non-hydrogen) atoms. The summed E-state index contributed by atoms with van der Waals surface area (Å²) in [5.41, 5.74) is 0.765. The van der Waals surface area contributed by atoms with Crippen molar-refractivity contribution in [1.82, 2.24) is 10.6 Å². The molecule has 1 aromatic rings. The smallest absolute Gasteiger partial charge is 0.224 e. The standard InChI is InChI=1S/C17H22Cl2N2O.ClH/c1-16(2,11-3-4-13(18)14(19)9-11)21-15(22)12-10-17(12)5-7-20-8-6-17;/h3-4,9,12,20H,5-8,10H2,1-2H3,(H,21,22);1H. The van der Waals surface area contributed by atoms with E-state index in [2.05, 4.69) is 10.6 Å². The number of hydrogen-bond acceptors (Lipinski definition) is 2. The Kier molecular flexibility index (Phi) is 5.57. The van der Waals surface area contributed by atoms with Gasteiger partial charge in [-0.25, -0.2) is 0 Å². The van der Waals surface area contributed by atoms with Gasteiger partial charge < -0.3 is 10.6 Å². The van der Waals surface area contributed by atoms with Crippen LogP contribution in [0, 0.1) is 11.3 Å². The van der Waals surface area contributed by atoms with Gasteiger partial charge >= 0.3 is 0 Å². The van der Waals surface area contributed by atoms with E-state index < -0.39 is 5.54 Å². The molecule has 3 nitrogen and oxygen atoms in total. The lowest BCUT2D eigenvalue weighted by molar-refractivity contribution is -0.125. The highest BCUT2D eigenvalue weighted by molar-refractivity contribution is 6.42. The van der Waals surface area contributed by atoms with E-state index in [4.69, 9.17) is 23.2 Å². The van der Waals surface area contributed by atoms with Crippen molar-refractivity contribution in [2.75, 3.05) is 13.1 Å². The van der Waals surface area contributed by atoms with E-state index in [-0.39, 0.29) is 29.6 Å². The summed E-state index contributed by atoms with van der Waals surface area (Å²) in [6.07, 6.45) is 3.24. The zero-order chi connectivity index (χ0) is 16.0. The molecule has 2 fully saturated rings. The highest BCUT2D eigenvalue weighted by atomic mass is 35.5. The van der Waals surface area contributed by atoms with Crippen molar-refractivity contribution in [3.8, 4) is 0 Å². The highest BCUT2D eigenvalue weighted by Crippen LogP contribution is 2.58. The molecule has 1 aromatic carbocycles. The fraction of sp³-hybridized carbons (Fsp3) is 0.588. The number of benzene rings is 1. The Bertz CT molecular complexity index is 598. The summed E-state index contributed by atoms with van der Waals surface area (Å²) in [6, 6.07) is 5.53. The zero-order valence-electron chi connectivity index (χ0n) is 13.4. The van der Waals surface area contributed by atoms with Gasteiger partial charge in [0.05, 0.1) is 15.6 Å². The zero-order valence-corrected chi connectivity index (χ0v) is 15.7. The number of rotatable bonds is 3. The lowest BCUT2D eigenvalue weighted by Crippen LogP contribution is -2.43. The summed E-state index contributed by atoms with van der Waals surface area (Å²) in [5.74, 6) is 0.328. The third-order valence-corrected chi connectivity index (χ3v) is 5.92. The summed E-state index contributed by atoms with van der Waals surface area (Å²) < 4.78 is 0. The minimum atomic E-state index is -0.456. The lowest BCUT2D eigenvalue weighted by atomic mass is 9.90. The fourth-order valence-electron chi connectivity index (χ4n) is 3.55. The molecule has 2 N–H and O–H groups in total. The molecule has 128 valence electrons. The van der Waals surface area contributed by atoms with Crippen LogP contribution in [-0.4, -0.2) is 19.0 Å². The predicted molar refractivity (Wildman–Crippen MR) is 97.5 cm³/mol. The van der Waals surface area contributed by atoms with Crippen molar-refractivity contribution >= 4 is 41.5 Å². The monoisotopic (exact) mass is 376 g/mol. The molecular formula is C17H23Cl3N2O. The van der Waals surface area contributed by atoms with Gasteiger partial charge in [0.25, 0.3) is 0 Å². The van der Waals surface area contributed by atoms with Crippen LogP contribution in [-0.2, 0) is 10.3 Å². The molecule has 1 saturated carbocycles. The molecular weight excluding hydrogens is 355 g/mol. The van der Waals surface area contributed by atoms with Gasteiger partial charge in [-0.1, -0.05) is 29.3 Å². The van der Waals surface area contributed by atoms with Crippen LogP contribution < -0.4 is 10.6 Å². The molecule has 1 aliphatic heterocycles. The maximum absolute atomic E-state index is 12.6. The number of piperidine rings is 1. The van der Waals surface area contributed by atoms with Gasteiger partial charge in [-0.05, 0) is 69.3 Å². The Morgan fingerprint density at radius 1 is 1.26 bits per heavy atom. The van der Waals surface area contributed by atoms with Crippen LogP contribution >= 0.6 is 35.6 Å². The van der Waals surface area contributed by atoms with E-state index in [0.717, 1.165) is 37.9 Å². The Morgan fingerprint density at radius 2 is 1.91 bits per heavy atom. The molecule has 1 unspecified atom stereocenters. The van der Waals surface area contributed by atoms with Gasteiger partial charge in [-0.15, -0.1) is 12.4 Å². The third kappa shape index (κ3) is 3.79. The molecule has 1 aliphatic carbocycles. The fourth-order valence-corrected chi connectivity index (χ4v) is 3.85. The van der Waals surface area contributed by atoms with Crippen LogP contribution in [0.15, 0.2) is 18.2 Å². The summed E-state index contributed by atoms with van der Waals surface area (Å²) >= 11 is 12.1. The Balaban J connectivity index is 0.00000192. The molecule has 0 aromatic heterocycles. The van der Waals surface area contributed by atoms with Crippen LogP contribution in [0.5, 0.6) is 0 Å². The largest absolute Gasteiger partial charge is 0.347 e. The molecule has 2 aliphatic rings. The number of carbonyl (C=O) groups is 1. The predicted octanol–water partition coefficient (Wildman–Crippen LogP) is 4.16. The summed E-state index contributed by atoms with van der Waals surface area (Å²) in [5, 5.41) is 7.61. The van der Waals surface area contributed by atoms with Crippen molar-refractivity contribution in [3.05, 3.63) is 33.8 Å². The van der Waals surface area contributed by atoms with Crippen molar-refractivity contribution < 1.29 is 4.79 Å². The quantitative estimate of drug-likeness (QED) is 0.830. The molecule has 1 amide bonds. The van der Waals surface area contributed by atoms with Gasteiger partial charge in [0.1, 0.15) is 0 Å². The van der Waals surface area contributed by atoms with Crippen molar-refractivity contribution in [3.63, 3.8) is 0 Å². The van der Waals surface area contributed by atoms with Gasteiger partial charge in [0.15, 0.2) is 0 Å². The van der Waals surface area contributed by atoms with Crippen LogP contribution in [0.4, 0.5) is 0 Å². The van der Waals surface area contributed by atoms with Crippen LogP contribution in [0.1, 0.15) is 38.7 Å². The summed E-state index contributed by atoms with van der Waals surface area (Å²) in [7, 11) is 0. The Hall–Kier alpha value is -0.480. The second-order valence-electron chi connectivity index (χ2n) is 7.11. The number of amides is 1. The maximum atomic E-state index is 12.6. The van der Waals surface area contributed by atoms with Gasteiger partial charge in [-0.3, -0.25) is 4.79 Å². The van der Waals surface area contributed by atoms with E-state index in [1.165, 1.54) is 0 Å². The molecule has 1 heterocycles.